The van der Waals surface area contributed by atoms with E-state index >= 15 is 0 Å². The Morgan fingerprint density at radius 3 is 2.66 bits per heavy atom. The van der Waals surface area contributed by atoms with Crippen LogP contribution in [0.2, 0.25) is 0 Å². The number of nitrogens with one attached hydrogen (secondary N) is 2. The molecule has 10 heteroatoms. The van der Waals surface area contributed by atoms with Crippen LogP contribution in [0.25, 0.3) is 10.9 Å². The third-order valence-corrected chi connectivity index (χ3v) is 4.13. The second kappa shape index (κ2) is 8.74. The Bertz CT molecular complexity index is 1090. The number of aromatic nitrogens is 1. The van der Waals surface area contributed by atoms with Crippen molar-refractivity contribution >= 4 is 34.1 Å². The molecular weight excluding hydrogens is 378 g/mol. The first-order valence-electron chi connectivity index (χ1n) is 8.68. The quantitative estimate of drug-likeness (QED) is 0.319. The number of aromatic amines is 1. The molecule has 0 fully saturated rings. The van der Waals surface area contributed by atoms with E-state index in [0.717, 1.165) is 5.56 Å². The van der Waals surface area contributed by atoms with Crippen molar-refractivity contribution in [2.45, 2.75) is 12.8 Å². The summed E-state index contributed by atoms with van der Waals surface area (Å²) in [5, 5.41) is 30.7. The average Bonchev–Trinajstić information content (AvgIpc) is 3.04. The second-order valence-electron chi connectivity index (χ2n) is 6.17. The molecule has 0 aliphatic rings. The molecule has 2 aromatic carbocycles. The first kappa shape index (κ1) is 19.7. The van der Waals surface area contributed by atoms with Gasteiger partial charge in [0, 0.05) is 23.9 Å². The van der Waals surface area contributed by atoms with Crippen LogP contribution in [0.3, 0.4) is 0 Å². The van der Waals surface area contributed by atoms with Crippen LogP contribution in [-0.4, -0.2) is 33.4 Å². The van der Waals surface area contributed by atoms with Crippen molar-refractivity contribution in [2.24, 2.45) is 10.2 Å². The smallest absolute Gasteiger partial charge is 0.283 e. The zero-order chi connectivity index (χ0) is 20.8. The third kappa shape index (κ3) is 5.01. The summed E-state index contributed by atoms with van der Waals surface area (Å²) < 4.78 is 0. The molecule has 0 unspecified atom stereocenters. The topological polar surface area (TPSA) is 150 Å². The number of aromatic hydroxyl groups is 1. The lowest BCUT2D eigenvalue weighted by Crippen LogP contribution is -2.28. The molecule has 29 heavy (non-hydrogen) atoms. The standard InChI is InChI=1S/C19H17N5O5/c25-16(9-6-12-4-2-1-3-5-12)20-11-17(26)22-23-18-14-10-13(24(28)29)7-8-15(14)21-19(18)27/h1-5,7-8,10,21,27H,6,9,11H2,(H,20,25). The van der Waals surface area contributed by atoms with E-state index in [0.29, 0.717) is 11.9 Å². The van der Waals surface area contributed by atoms with Crippen molar-refractivity contribution in [3.05, 3.63) is 64.2 Å². The van der Waals surface area contributed by atoms with E-state index in [1.165, 1.54) is 18.2 Å². The zero-order valence-electron chi connectivity index (χ0n) is 15.2. The van der Waals surface area contributed by atoms with Crippen LogP contribution in [0, 0.1) is 10.1 Å². The first-order valence-corrected chi connectivity index (χ1v) is 8.68. The highest BCUT2D eigenvalue weighted by Gasteiger charge is 2.15. The van der Waals surface area contributed by atoms with E-state index in [9.17, 15) is 24.8 Å². The normalized spacial score (nSPS) is 11.0. The maximum Gasteiger partial charge on any atom is 0.283 e. The molecule has 1 heterocycles. The van der Waals surface area contributed by atoms with E-state index in [4.69, 9.17) is 0 Å². The molecule has 0 radical (unpaired) electrons. The highest BCUT2D eigenvalue weighted by atomic mass is 16.6. The molecular formula is C19H17N5O5. The van der Waals surface area contributed by atoms with Crippen LogP contribution in [-0.2, 0) is 16.0 Å². The summed E-state index contributed by atoms with van der Waals surface area (Å²) in [6.45, 7) is -0.347. The fourth-order valence-electron chi connectivity index (χ4n) is 2.67. The number of carbonyl (C=O) groups is 2. The number of hydrogen-bond acceptors (Lipinski definition) is 6. The molecule has 0 bridgehead atoms. The minimum atomic E-state index is -0.725. The maximum atomic E-state index is 11.9. The summed E-state index contributed by atoms with van der Waals surface area (Å²) in [5.74, 6) is -1.40. The summed E-state index contributed by atoms with van der Waals surface area (Å²) in [5.41, 5.74) is 1.14. The summed E-state index contributed by atoms with van der Waals surface area (Å²) in [6.07, 6.45) is 0.770. The number of azo groups is 1. The van der Waals surface area contributed by atoms with Gasteiger partial charge in [0.05, 0.1) is 10.4 Å². The molecule has 0 spiro atoms. The van der Waals surface area contributed by atoms with Gasteiger partial charge in [0.1, 0.15) is 6.54 Å². The predicted octanol–water partition coefficient (Wildman–Crippen LogP) is 3.14. The molecule has 1 aromatic heterocycles. The lowest BCUT2D eigenvalue weighted by Gasteiger charge is -2.02. The Morgan fingerprint density at radius 1 is 1.17 bits per heavy atom. The zero-order valence-corrected chi connectivity index (χ0v) is 15.2. The van der Waals surface area contributed by atoms with E-state index in [2.05, 4.69) is 20.5 Å². The molecule has 0 aliphatic carbocycles. The molecule has 0 atom stereocenters. The monoisotopic (exact) mass is 395 g/mol. The number of amides is 2. The minimum Gasteiger partial charge on any atom is -0.493 e. The Labute approximate surface area is 164 Å². The summed E-state index contributed by atoms with van der Waals surface area (Å²) in [7, 11) is 0. The minimum absolute atomic E-state index is 0.0903. The Kier molecular flexibility index (Phi) is 5.93. The second-order valence-corrected chi connectivity index (χ2v) is 6.17. The molecule has 3 aromatic rings. The number of nitro benzene ring substituents is 1. The van der Waals surface area contributed by atoms with Crippen LogP contribution in [0.1, 0.15) is 12.0 Å². The van der Waals surface area contributed by atoms with Crippen LogP contribution < -0.4 is 5.32 Å². The maximum absolute atomic E-state index is 11.9. The number of rotatable bonds is 7. The van der Waals surface area contributed by atoms with Gasteiger partial charge < -0.3 is 15.4 Å². The molecule has 3 N–H and O–H groups in total. The van der Waals surface area contributed by atoms with Gasteiger partial charge in [0.25, 0.3) is 11.6 Å². The molecule has 0 saturated heterocycles. The predicted molar refractivity (Wildman–Crippen MR) is 104 cm³/mol. The van der Waals surface area contributed by atoms with Crippen LogP contribution in [0.5, 0.6) is 5.88 Å². The first-order chi connectivity index (χ1) is 13.9. The summed E-state index contributed by atoms with van der Waals surface area (Å²) in [4.78, 5) is 36.6. The summed E-state index contributed by atoms with van der Waals surface area (Å²) in [6, 6.07) is 13.4. The number of nitro groups is 1. The number of hydrogen-bond donors (Lipinski definition) is 3. The Morgan fingerprint density at radius 2 is 1.93 bits per heavy atom. The van der Waals surface area contributed by atoms with Crippen molar-refractivity contribution < 1.29 is 19.6 Å². The van der Waals surface area contributed by atoms with Crippen molar-refractivity contribution in [3.63, 3.8) is 0 Å². The van der Waals surface area contributed by atoms with Gasteiger partial charge in [-0.2, -0.15) is 0 Å². The number of aryl methyl sites for hydroxylation is 1. The van der Waals surface area contributed by atoms with E-state index in [1.807, 2.05) is 30.3 Å². The van der Waals surface area contributed by atoms with Gasteiger partial charge in [-0.1, -0.05) is 30.3 Å². The summed E-state index contributed by atoms with van der Waals surface area (Å²) >= 11 is 0. The highest BCUT2D eigenvalue weighted by Crippen LogP contribution is 2.37. The molecule has 0 aliphatic heterocycles. The lowest BCUT2D eigenvalue weighted by molar-refractivity contribution is -0.384. The van der Waals surface area contributed by atoms with Crippen LogP contribution >= 0.6 is 0 Å². The molecule has 2 amide bonds. The molecule has 3 rings (SSSR count). The van der Waals surface area contributed by atoms with Gasteiger partial charge in [0.15, 0.2) is 5.69 Å². The third-order valence-electron chi connectivity index (χ3n) is 4.13. The largest absolute Gasteiger partial charge is 0.493 e. The van der Waals surface area contributed by atoms with E-state index < -0.39 is 10.8 Å². The van der Waals surface area contributed by atoms with Gasteiger partial charge in [-0.15, -0.1) is 10.2 Å². The van der Waals surface area contributed by atoms with Crippen molar-refractivity contribution in [1.82, 2.24) is 10.3 Å². The fourth-order valence-corrected chi connectivity index (χ4v) is 2.67. The average molecular weight is 395 g/mol. The SMILES string of the molecule is O=C(CNC(=O)CCc1ccccc1)N=Nc1c(O)[nH]c2ccc([N+](=O)[O-])cc12. The molecule has 10 nitrogen and oxygen atoms in total. The van der Waals surface area contributed by atoms with Crippen LogP contribution in [0.15, 0.2) is 58.8 Å². The van der Waals surface area contributed by atoms with Crippen LogP contribution in [0.4, 0.5) is 11.4 Å². The highest BCUT2D eigenvalue weighted by molar-refractivity contribution is 5.96. The Hall–Kier alpha value is -4.08. The Balaban J connectivity index is 1.59. The number of fused-ring (bicyclic) bond motifs is 1. The number of benzene rings is 2. The molecule has 0 saturated carbocycles. The van der Waals surface area contributed by atoms with Gasteiger partial charge in [-0.05, 0) is 18.1 Å². The van der Waals surface area contributed by atoms with Crippen molar-refractivity contribution in [3.8, 4) is 5.88 Å². The van der Waals surface area contributed by atoms with Gasteiger partial charge in [-0.3, -0.25) is 19.7 Å². The van der Waals surface area contributed by atoms with Crippen molar-refractivity contribution in [1.29, 1.82) is 0 Å². The van der Waals surface area contributed by atoms with E-state index in [-0.39, 0.29) is 41.5 Å². The van der Waals surface area contributed by atoms with Crippen molar-refractivity contribution in [2.75, 3.05) is 6.54 Å². The number of non-ortho nitro benzene ring substituents is 1. The van der Waals surface area contributed by atoms with Gasteiger partial charge in [-0.25, -0.2) is 0 Å². The fraction of sp³-hybridized carbons (Fsp3) is 0.158. The number of nitrogens with zero attached hydrogens (tertiary/aromatic N) is 3. The number of carbonyl (C=O) groups excluding carboxylic acids is 2. The number of H-pyrrole nitrogens is 1. The van der Waals surface area contributed by atoms with E-state index in [1.54, 1.807) is 0 Å². The van der Waals surface area contributed by atoms with Gasteiger partial charge >= 0.3 is 0 Å². The van der Waals surface area contributed by atoms with Gasteiger partial charge in [0.2, 0.25) is 11.8 Å². The lowest BCUT2D eigenvalue weighted by atomic mass is 10.1. The molecule has 148 valence electrons.